The Labute approximate surface area is 73.0 Å². The quantitative estimate of drug-likeness (QED) is 0.560. The van der Waals surface area contributed by atoms with Gasteiger partial charge in [0, 0.05) is 6.54 Å². The normalized spacial score (nSPS) is 22.4. The van der Waals surface area contributed by atoms with E-state index >= 15 is 0 Å². The largest absolute Gasteiger partial charge is 0.450 e. The molecule has 1 atom stereocenters. The molecular weight excluding hydrogens is 154 g/mol. The van der Waals surface area contributed by atoms with Gasteiger partial charge in [-0.1, -0.05) is 11.6 Å². The van der Waals surface area contributed by atoms with Gasteiger partial charge in [0.1, 0.15) is 0 Å². The fraction of sp³-hybridized carbons (Fsp3) is 0.667. The zero-order valence-electron chi connectivity index (χ0n) is 7.83. The van der Waals surface area contributed by atoms with E-state index in [2.05, 4.69) is 6.08 Å². The van der Waals surface area contributed by atoms with E-state index in [0.717, 1.165) is 0 Å². The highest BCUT2D eigenvalue weighted by molar-refractivity contribution is 5.69. The first-order valence-electron chi connectivity index (χ1n) is 4.27. The maximum absolute atomic E-state index is 11.3. The standard InChI is InChI=1S/C9H15NO2/c1-4-12-9(11)10-6-5-7(2)8(10)3/h5,8H,4,6H2,1-3H3. The fourth-order valence-corrected chi connectivity index (χ4v) is 1.26. The van der Waals surface area contributed by atoms with Gasteiger partial charge in [-0.05, 0) is 20.8 Å². The molecular formula is C9H15NO2. The molecule has 0 aliphatic carbocycles. The van der Waals surface area contributed by atoms with E-state index in [1.54, 1.807) is 4.90 Å². The zero-order valence-corrected chi connectivity index (χ0v) is 7.83. The van der Waals surface area contributed by atoms with Crippen molar-refractivity contribution in [1.29, 1.82) is 0 Å². The van der Waals surface area contributed by atoms with Gasteiger partial charge in [0.15, 0.2) is 0 Å². The maximum Gasteiger partial charge on any atom is 0.410 e. The first-order chi connectivity index (χ1) is 5.66. The van der Waals surface area contributed by atoms with Gasteiger partial charge in [0.05, 0.1) is 12.6 Å². The molecule has 0 radical (unpaired) electrons. The van der Waals surface area contributed by atoms with E-state index in [0.29, 0.717) is 13.2 Å². The Morgan fingerprint density at radius 2 is 2.50 bits per heavy atom. The minimum Gasteiger partial charge on any atom is -0.450 e. The summed E-state index contributed by atoms with van der Waals surface area (Å²) in [5.41, 5.74) is 1.24. The van der Waals surface area contributed by atoms with Crippen molar-refractivity contribution in [3.05, 3.63) is 11.6 Å². The minimum absolute atomic E-state index is 0.198. The minimum atomic E-state index is -0.210. The fourth-order valence-electron chi connectivity index (χ4n) is 1.26. The molecule has 1 aliphatic heterocycles. The lowest BCUT2D eigenvalue weighted by molar-refractivity contribution is 0.107. The third-order valence-electron chi connectivity index (χ3n) is 2.24. The van der Waals surface area contributed by atoms with Crippen LogP contribution in [0.25, 0.3) is 0 Å². The number of carbonyl (C=O) groups excluding carboxylic acids is 1. The van der Waals surface area contributed by atoms with Crippen LogP contribution in [-0.4, -0.2) is 30.2 Å². The summed E-state index contributed by atoms with van der Waals surface area (Å²) < 4.78 is 4.90. The van der Waals surface area contributed by atoms with Gasteiger partial charge in [-0.25, -0.2) is 4.79 Å². The van der Waals surface area contributed by atoms with Crippen LogP contribution in [0.1, 0.15) is 20.8 Å². The molecule has 1 rings (SSSR count). The lowest BCUT2D eigenvalue weighted by Gasteiger charge is -2.21. The van der Waals surface area contributed by atoms with Crippen LogP contribution in [0.2, 0.25) is 0 Å². The van der Waals surface area contributed by atoms with E-state index in [1.165, 1.54) is 5.57 Å². The maximum atomic E-state index is 11.3. The molecule has 1 unspecified atom stereocenters. The third-order valence-corrected chi connectivity index (χ3v) is 2.24. The average molecular weight is 169 g/mol. The van der Waals surface area contributed by atoms with E-state index in [-0.39, 0.29) is 12.1 Å². The lowest BCUT2D eigenvalue weighted by atomic mass is 10.2. The summed E-state index contributed by atoms with van der Waals surface area (Å²) in [7, 11) is 0. The Kier molecular flexibility index (Phi) is 2.74. The van der Waals surface area contributed by atoms with Crippen LogP contribution in [0, 0.1) is 0 Å². The average Bonchev–Trinajstić information content (AvgIpc) is 2.34. The number of rotatable bonds is 1. The van der Waals surface area contributed by atoms with E-state index in [9.17, 15) is 4.79 Å². The van der Waals surface area contributed by atoms with Gasteiger partial charge in [-0.3, -0.25) is 4.90 Å². The Hall–Kier alpha value is -0.990. The van der Waals surface area contributed by atoms with Crippen molar-refractivity contribution >= 4 is 6.09 Å². The van der Waals surface area contributed by atoms with Crippen LogP contribution in [-0.2, 0) is 4.74 Å². The van der Waals surface area contributed by atoms with Gasteiger partial charge >= 0.3 is 6.09 Å². The summed E-state index contributed by atoms with van der Waals surface area (Å²) in [6, 6.07) is 0.198. The Bertz CT molecular complexity index is 211. The third kappa shape index (κ3) is 1.60. The number of hydrogen-bond donors (Lipinski definition) is 0. The summed E-state index contributed by atoms with van der Waals surface area (Å²) in [4.78, 5) is 13.0. The monoisotopic (exact) mass is 169 g/mol. The molecule has 0 aromatic carbocycles. The highest BCUT2D eigenvalue weighted by atomic mass is 16.6. The van der Waals surface area contributed by atoms with Gasteiger partial charge in [0.2, 0.25) is 0 Å². The van der Waals surface area contributed by atoms with Crippen LogP contribution in [0.3, 0.4) is 0 Å². The van der Waals surface area contributed by atoms with Crippen LogP contribution >= 0.6 is 0 Å². The van der Waals surface area contributed by atoms with Gasteiger partial charge in [-0.15, -0.1) is 0 Å². The van der Waals surface area contributed by atoms with Gasteiger partial charge in [0.25, 0.3) is 0 Å². The number of nitrogens with zero attached hydrogens (tertiary/aromatic N) is 1. The van der Waals surface area contributed by atoms with E-state index in [1.807, 2.05) is 20.8 Å². The Morgan fingerprint density at radius 1 is 1.83 bits per heavy atom. The second-order valence-electron chi connectivity index (χ2n) is 2.98. The van der Waals surface area contributed by atoms with Crippen LogP contribution in [0.4, 0.5) is 4.79 Å². The Balaban J connectivity index is 2.51. The predicted octanol–water partition coefficient (Wildman–Crippen LogP) is 1.79. The molecule has 1 heterocycles. The molecule has 0 spiro atoms. The first-order valence-corrected chi connectivity index (χ1v) is 4.27. The second kappa shape index (κ2) is 3.61. The van der Waals surface area contributed by atoms with Crippen molar-refractivity contribution in [2.75, 3.05) is 13.2 Å². The molecule has 1 amide bonds. The van der Waals surface area contributed by atoms with Crippen molar-refractivity contribution < 1.29 is 9.53 Å². The van der Waals surface area contributed by atoms with Crippen molar-refractivity contribution in [2.45, 2.75) is 26.8 Å². The van der Waals surface area contributed by atoms with Crippen molar-refractivity contribution in [2.24, 2.45) is 0 Å². The molecule has 0 aromatic rings. The van der Waals surface area contributed by atoms with Crippen LogP contribution in [0.15, 0.2) is 11.6 Å². The highest BCUT2D eigenvalue weighted by Gasteiger charge is 2.25. The smallest absolute Gasteiger partial charge is 0.410 e. The van der Waals surface area contributed by atoms with Gasteiger partial charge in [-0.2, -0.15) is 0 Å². The van der Waals surface area contributed by atoms with E-state index < -0.39 is 0 Å². The van der Waals surface area contributed by atoms with Crippen molar-refractivity contribution in [1.82, 2.24) is 4.90 Å². The number of hydrogen-bond acceptors (Lipinski definition) is 2. The van der Waals surface area contributed by atoms with Crippen molar-refractivity contribution in [3.63, 3.8) is 0 Å². The Morgan fingerprint density at radius 3 is 2.92 bits per heavy atom. The molecule has 68 valence electrons. The summed E-state index contributed by atoms with van der Waals surface area (Å²) in [5.74, 6) is 0. The zero-order chi connectivity index (χ0) is 9.14. The molecule has 3 heteroatoms. The number of amides is 1. The molecule has 12 heavy (non-hydrogen) atoms. The molecule has 0 fully saturated rings. The lowest BCUT2D eigenvalue weighted by Crippen LogP contribution is -2.35. The molecule has 3 nitrogen and oxygen atoms in total. The second-order valence-corrected chi connectivity index (χ2v) is 2.98. The molecule has 0 saturated heterocycles. The topological polar surface area (TPSA) is 29.5 Å². The molecule has 0 bridgehead atoms. The predicted molar refractivity (Wildman–Crippen MR) is 46.9 cm³/mol. The molecule has 0 saturated carbocycles. The van der Waals surface area contributed by atoms with E-state index in [4.69, 9.17) is 4.74 Å². The summed E-state index contributed by atoms with van der Waals surface area (Å²) >= 11 is 0. The SMILES string of the molecule is CCOC(=O)N1CC=C(C)C1C. The molecule has 0 aromatic heterocycles. The first kappa shape index (κ1) is 9.10. The molecule has 0 N–H and O–H groups in total. The van der Waals surface area contributed by atoms with Crippen LogP contribution < -0.4 is 0 Å². The van der Waals surface area contributed by atoms with Crippen molar-refractivity contribution in [3.8, 4) is 0 Å². The van der Waals surface area contributed by atoms with Crippen LogP contribution in [0.5, 0.6) is 0 Å². The number of carbonyl (C=O) groups is 1. The van der Waals surface area contributed by atoms with Gasteiger partial charge < -0.3 is 4.74 Å². The summed E-state index contributed by atoms with van der Waals surface area (Å²) in [5, 5.41) is 0. The molecule has 1 aliphatic rings. The number of ether oxygens (including phenoxy) is 1. The summed E-state index contributed by atoms with van der Waals surface area (Å²) in [6.07, 6.45) is 1.85. The summed E-state index contributed by atoms with van der Waals surface area (Å²) in [6.45, 7) is 6.99. The highest BCUT2D eigenvalue weighted by Crippen LogP contribution is 2.17.